The Hall–Kier alpha value is -1.97. The molecule has 10 heteroatoms. The van der Waals surface area contributed by atoms with Crippen molar-refractivity contribution in [3.05, 3.63) is 22.2 Å². The van der Waals surface area contributed by atoms with E-state index in [0.29, 0.717) is 6.07 Å². The number of carboxylic acid groups (broad SMARTS) is 1. The first-order valence-electron chi connectivity index (χ1n) is 4.09. The van der Waals surface area contributed by atoms with Gasteiger partial charge in [0, 0.05) is 6.07 Å². The van der Waals surface area contributed by atoms with Gasteiger partial charge in [-0.15, -0.1) is 0 Å². The van der Waals surface area contributed by atoms with Gasteiger partial charge in [0.1, 0.15) is 4.64 Å². The van der Waals surface area contributed by atoms with Crippen molar-refractivity contribution in [2.24, 2.45) is 0 Å². The van der Waals surface area contributed by atoms with Crippen molar-refractivity contribution >= 4 is 24.0 Å². The third-order valence-electron chi connectivity index (χ3n) is 1.82. The molecular formula is C7H3F3N4O2S. The maximum atomic E-state index is 12.4. The van der Waals surface area contributed by atoms with Crippen molar-refractivity contribution in [2.45, 2.75) is 6.18 Å². The molecule has 2 rings (SSSR count). The first-order chi connectivity index (χ1) is 7.79. The summed E-state index contributed by atoms with van der Waals surface area (Å²) in [5.41, 5.74) is -1.22. The Morgan fingerprint density at radius 2 is 2.12 bits per heavy atom. The van der Waals surface area contributed by atoms with E-state index in [2.05, 4.69) is 27.3 Å². The summed E-state index contributed by atoms with van der Waals surface area (Å²) >= 11 is 4.67. The monoisotopic (exact) mass is 264 g/mol. The molecule has 0 aliphatic carbocycles. The number of carbonyl (C=O) groups is 1. The molecule has 0 saturated carbocycles. The highest BCUT2D eigenvalue weighted by atomic mass is 32.1. The van der Waals surface area contributed by atoms with E-state index in [4.69, 9.17) is 5.11 Å². The highest BCUT2D eigenvalue weighted by Crippen LogP contribution is 2.27. The second-order valence-corrected chi connectivity index (χ2v) is 3.41. The number of H-pyrrole nitrogens is 1. The van der Waals surface area contributed by atoms with Crippen molar-refractivity contribution in [3.63, 3.8) is 0 Å². The predicted molar refractivity (Wildman–Crippen MR) is 50.1 cm³/mol. The van der Waals surface area contributed by atoms with E-state index in [-0.39, 0.29) is 4.64 Å². The lowest BCUT2D eigenvalue weighted by molar-refractivity contribution is -0.141. The van der Waals surface area contributed by atoms with Gasteiger partial charge in [-0.3, -0.25) is 5.10 Å². The van der Waals surface area contributed by atoms with E-state index in [9.17, 15) is 18.0 Å². The number of halogens is 3. The largest absolute Gasteiger partial charge is 0.475 e. The smallest absolute Gasteiger partial charge is 0.433 e. The second-order valence-electron chi connectivity index (χ2n) is 2.99. The molecule has 2 N–H and O–H groups in total. The zero-order valence-electron chi connectivity index (χ0n) is 7.82. The molecule has 0 aliphatic rings. The van der Waals surface area contributed by atoms with Gasteiger partial charge >= 0.3 is 12.1 Å². The first-order valence-corrected chi connectivity index (χ1v) is 4.50. The predicted octanol–water partition coefficient (Wildman–Crippen LogP) is 1.50. The molecule has 0 fully saturated rings. The number of fused-ring (bicyclic) bond motifs is 1. The Kier molecular flexibility index (Phi) is 2.38. The summed E-state index contributed by atoms with van der Waals surface area (Å²) in [5.74, 6) is -2.40. The van der Waals surface area contributed by atoms with Crippen LogP contribution in [0.5, 0.6) is 0 Å². The van der Waals surface area contributed by atoms with Crippen LogP contribution in [0.25, 0.3) is 5.78 Å². The molecule has 0 unspecified atom stereocenters. The number of nitrogens with one attached hydrogen (secondary N) is 1. The number of aromatic nitrogens is 4. The highest BCUT2D eigenvalue weighted by Gasteiger charge is 2.33. The number of rotatable bonds is 1. The Bertz CT molecular complexity index is 659. The standard InChI is InChI=1S/C7H3F3N4O2S/c8-7(9,10)2-1-3(17)14-6(11-2)12-4(13-14)5(15)16/h1H,(H,15,16)(H,11,12,13). The lowest BCUT2D eigenvalue weighted by atomic mass is 10.4. The molecular weight excluding hydrogens is 261 g/mol. The van der Waals surface area contributed by atoms with Gasteiger partial charge in [-0.25, -0.2) is 14.3 Å². The van der Waals surface area contributed by atoms with Gasteiger partial charge in [-0.1, -0.05) is 12.2 Å². The molecule has 2 heterocycles. The van der Waals surface area contributed by atoms with E-state index in [1.165, 1.54) is 0 Å². The lowest BCUT2D eigenvalue weighted by Crippen LogP contribution is -2.09. The van der Waals surface area contributed by atoms with Crippen LogP contribution >= 0.6 is 12.2 Å². The third-order valence-corrected chi connectivity index (χ3v) is 2.12. The average molecular weight is 264 g/mol. The Labute approximate surface area is 95.7 Å². The van der Waals surface area contributed by atoms with Crippen LogP contribution in [0.15, 0.2) is 6.07 Å². The number of hydrogen-bond donors (Lipinski definition) is 2. The van der Waals surface area contributed by atoms with E-state index in [1.807, 2.05) is 0 Å². The minimum atomic E-state index is -4.66. The van der Waals surface area contributed by atoms with Crippen molar-refractivity contribution in [2.75, 3.05) is 0 Å². The Balaban J connectivity index is 2.74. The number of carboxylic acids is 1. The van der Waals surface area contributed by atoms with Crippen LogP contribution in [-0.2, 0) is 6.18 Å². The number of aromatic amines is 1. The highest BCUT2D eigenvalue weighted by molar-refractivity contribution is 7.71. The molecule has 0 bridgehead atoms. The zero-order chi connectivity index (χ0) is 12.8. The van der Waals surface area contributed by atoms with Gasteiger partial charge in [0.15, 0.2) is 5.69 Å². The summed E-state index contributed by atoms with van der Waals surface area (Å²) < 4.78 is 37.8. The third kappa shape index (κ3) is 1.98. The fourth-order valence-corrected chi connectivity index (χ4v) is 1.36. The topological polar surface area (TPSA) is 83.3 Å². The first kappa shape index (κ1) is 11.5. The molecule has 0 aliphatic heterocycles. The van der Waals surface area contributed by atoms with Gasteiger partial charge in [0.2, 0.25) is 5.82 Å². The minimum absolute atomic E-state index is 0.262. The van der Waals surface area contributed by atoms with E-state index >= 15 is 0 Å². The molecule has 0 radical (unpaired) electrons. The molecule has 2 aromatic heterocycles. The molecule has 6 nitrogen and oxygen atoms in total. The fraction of sp³-hybridized carbons (Fsp3) is 0.143. The molecule has 2 aromatic rings. The summed E-state index contributed by atoms with van der Waals surface area (Å²) in [6, 6.07) is 0.617. The maximum absolute atomic E-state index is 12.4. The molecule has 17 heavy (non-hydrogen) atoms. The molecule has 0 saturated heterocycles. The van der Waals surface area contributed by atoms with Crippen LogP contribution in [0.1, 0.15) is 16.3 Å². The molecule has 0 amide bonds. The van der Waals surface area contributed by atoms with Crippen LogP contribution in [0.3, 0.4) is 0 Å². The van der Waals surface area contributed by atoms with Crippen molar-refractivity contribution in [3.8, 4) is 0 Å². The minimum Gasteiger partial charge on any atom is -0.475 e. The number of alkyl halides is 3. The SMILES string of the molecule is O=C(O)c1nc2nc(C(F)(F)F)cc(=S)n2[nH]1. The summed E-state index contributed by atoms with van der Waals surface area (Å²) in [4.78, 5) is 17.1. The van der Waals surface area contributed by atoms with Crippen LogP contribution < -0.4 is 0 Å². The Morgan fingerprint density at radius 3 is 2.65 bits per heavy atom. The fourth-order valence-electron chi connectivity index (χ4n) is 1.12. The zero-order valence-corrected chi connectivity index (χ0v) is 8.63. The second kappa shape index (κ2) is 3.52. The summed E-state index contributed by atoms with van der Waals surface area (Å²) in [6.07, 6.45) is -4.66. The summed E-state index contributed by atoms with van der Waals surface area (Å²) in [7, 11) is 0. The quantitative estimate of drug-likeness (QED) is 0.763. The van der Waals surface area contributed by atoms with Crippen molar-refractivity contribution in [1.82, 2.24) is 19.6 Å². The van der Waals surface area contributed by atoms with E-state index in [1.54, 1.807) is 0 Å². The van der Waals surface area contributed by atoms with Gasteiger partial charge in [-0.05, 0) is 0 Å². The van der Waals surface area contributed by atoms with Crippen LogP contribution in [0.2, 0.25) is 0 Å². The van der Waals surface area contributed by atoms with Crippen LogP contribution in [0.4, 0.5) is 13.2 Å². The van der Waals surface area contributed by atoms with E-state index in [0.717, 1.165) is 4.52 Å². The summed E-state index contributed by atoms with van der Waals surface area (Å²) in [6.45, 7) is 0. The Morgan fingerprint density at radius 1 is 1.47 bits per heavy atom. The van der Waals surface area contributed by atoms with Crippen molar-refractivity contribution in [1.29, 1.82) is 0 Å². The van der Waals surface area contributed by atoms with Crippen LogP contribution in [-0.4, -0.2) is 30.7 Å². The number of aromatic carboxylic acids is 1. The molecule has 0 spiro atoms. The lowest BCUT2D eigenvalue weighted by Gasteiger charge is -2.04. The van der Waals surface area contributed by atoms with Gasteiger partial charge in [0.05, 0.1) is 0 Å². The number of nitrogens with zero attached hydrogens (tertiary/aromatic N) is 3. The summed E-state index contributed by atoms with van der Waals surface area (Å²) in [5, 5.41) is 10.8. The van der Waals surface area contributed by atoms with Gasteiger partial charge in [-0.2, -0.15) is 18.2 Å². The molecule has 0 aromatic carbocycles. The van der Waals surface area contributed by atoms with Crippen molar-refractivity contribution < 1.29 is 23.1 Å². The average Bonchev–Trinajstić information content (AvgIpc) is 2.60. The van der Waals surface area contributed by atoms with E-state index < -0.39 is 29.4 Å². The van der Waals surface area contributed by atoms with Crippen LogP contribution in [0, 0.1) is 4.64 Å². The molecule has 90 valence electrons. The molecule has 0 atom stereocenters. The van der Waals surface area contributed by atoms with Gasteiger partial charge in [0.25, 0.3) is 5.78 Å². The van der Waals surface area contributed by atoms with Gasteiger partial charge < -0.3 is 5.11 Å². The maximum Gasteiger partial charge on any atom is 0.433 e. The normalized spacial score (nSPS) is 11.9. The number of hydrogen-bond acceptors (Lipinski definition) is 4.